The lowest BCUT2D eigenvalue weighted by atomic mass is 10.0. The second-order valence-corrected chi connectivity index (χ2v) is 8.89. The summed E-state index contributed by atoms with van der Waals surface area (Å²) in [4.78, 5) is 45.4. The molecule has 41 heavy (non-hydrogen) atoms. The number of hydrogen-bond acceptors (Lipinski definition) is 9. The van der Waals surface area contributed by atoms with Crippen LogP contribution >= 0.6 is 0 Å². The Hall–Kier alpha value is -5.64. The molecule has 0 bridgehead atoms. The molecule has 1 aromatic heterocycles. The Labute approximate surface area is 234 Å². The number of nitro groups is 1. The Bertz CT molecular complexity index is 1770. The van der Waals surface area contributed by atoms with E-state index in [1.165, 1.54) is 18.2 Å². The quantitative estimate of drug-likeness (QED) is 0.0950. The van der Waals surface area contributed by atoms with Crippen molar-refractivity contribution >= 4 is 28.5 Å². The van der Waals surface area contributed by atoms with E-state index in [4.69, 9.17) is 24.2 Å². The molecule has 0 aliphatic carbocycles. The number of Topliss-reactive ketones (excluding diaryl/α,β-unsaturated/α-hetero) is 1. The number of benzene rings is 4. The molecule has 0 aliphatic rings. The molecule has 10 nitrogen and oxygen atoms in total. The number of rotatable bonds is 9. The minimum absolute atomic E-state index is 0.0755. The summed E-state index contributed by atoms with van der Waals surface area (Å²) < 4.78 is 15.8. The van der Waals surface area contributed by atoms with Gasteiger partial charge in [-0.1, -0.05) is 12.1 Å². The molecule has 10 heteroatoms. The van der Waals surface area contributed by atoms with Crippen LogP contribution in [0.5, 0.6) is 11.5 Å². The molecule has 0 atom stereocenters. The fraction of sp³-hybridized carbons (Fsp3) is 0.0968. The Morgan fingerprint density at radius 2 is 1.32 bits per heavy atom. The number of carbonyl (C=O) groups excluding carboxylic acids is 2. The van der Waals surface area contributed by atoms with Crippen LogP contribution in [0.25, 0.3) is 33.5 Å². The van der Waals surface area contributed by atoms with E-state index < -0.39 is 23.3 Å². The number of methoxy groups -OCH3 is 2. The predicted octanol–water partition coefficient (Wildman–Crippen LogP) is 5.93. The van der Waals surface area contributed by atoms with Gasteiger partial charge in [0.2, 0.25) is 5.78 Å². The molecule has 0 amide bonds. The molecule has 0 spiro atoms. The Kier molecular flexibility index (Phi) is 7.64. The van der Waals surface area contributed by atoms with Gasteiger partial charge in [0.25, 0.3) is 5.69 Å². The number of esters is 1. The van der Waals surface area contributed by atoms with E-state index in [9.17, 15) is 19.7 Å². The number of ketones is 1. The van der Waals surface area contributed by atoms with Crippen molar-refractivity contribution < 1.29 is 28.7 Å². The fourth-order valence-corrected chi connectivity index (χ4v) is 4.17. The lowest BCUT2D eigenvalue weighted by Crippen LogP contribution is -2.14. The van der Waals surface area contributed by atoms with Gasteiger partial charge >= 0.3 is 5.97 Å². The van der Waals surface area contributed by atoms with Gasteiger partial charge in [0, 0.05) is 28.8 Å². The number of carbonyl (C=O) groups is 2. The largest absolute Gasteiger partial charge is 0.497 e. The normalized spacial score (nSPS) is 10.7. The minimum atomic E-state index is -0.738. The standard InChI is InChI=1S/C31H23N3O7/c1-39-24-11-6-19(7-12-24)29-30(20-8-13-25(40-2)14-9-20)33-27-17-22(10-15-26(27)32-29)31(36)41-18-28(35)21-4-3-5-23(16-21)34(37)38/h3-17H,18H2,1-2H3. The van der Waals surface area contributed by atoms with E-state index in [1.807, 2.05) is 48.5 Å². The van der Waals surface area contributed by atoms with Crippen LogP contribution in [0, 0.1) is 10.1 Å². The highest BCUT2D eigenvalue weighted by molar-refractivity contribution is 6.00. The molecule has 5 rings (SSSR count). The molecule has 0 N–H and O–H groups in total. The smallest absolute Gasteiger partial charge is 0.338 e. The molecular formula is C31H23N3O7. The summed E-state index contributed by atoms with van der Waals surface area (Å²) in [6, 6.07) is 24.9. The van der Waals surface area contributed by atoms with Crippen LogP contribution in [0.4, 0.5) is 5.69 Å². The summed E-state index contributed by atoms with van der Waals surface area (Å²) in [5.41, 5.74) is 3.89. The van der Waals surface area contributed by atoms with E-state index in [1.54, 1.807) is 32.4 Å². The molecule has 0 aliphatic heterocycles. The maximum Gasteiger partial charge on any atom is 0.338 e. The lowest BCUT2D eigenvalue weighted by molar-refractivity contribution is -0.384. The van der Waals surface area contributed by atoms with Crippen LogP contribution in [-0.2, 0) is 4.74 Å². The fourth-order valence-electron chi connectivity index (χ4n) is 4.17. The van der Waals surface area contributed by atoms with Crippen LogP contribution in [0.15, 0.2) is 91.0 Å². The molecule has 204 valence electrons. The zero-order valence-corrected chi connectivity index (χ0v) is 22.1. The number of nitrogens with zero attached hydrogens (tertiary/aromatic N) is 3. The van der Waals surface area contributed by atoms with Crippen molar-refractivity contribution in [3.05, 3.63) is 112 Å². The van der Waals surface area contributed by atoms with Gasteiger partial charge in [-0.15, -0.1) is 0 Å². The van der Waals surface area contributed by atoms with Crippen molar-refractivity contribution in [1.29, 1.82) is 0 Å². The molecular weight excluding hydrogens is 526 g/mol. The van der Waals surface area contributed by atoms with Crippen LogP contribution < -0.4 is 9.47 Å². The molecule has 0 saturated carbocycles. The average molecular weight is 550 g/mol. The first-order valence-corrected chi connectivity index (χ1v) is 12.4. The van der Waals surface area contributed by atoms with Crippen LogP contribution in [0.3, 0.4) is 0 Å². The third kappa shape index (κ3) is 5.86. The lowest BCUT2D eigenvalue weighted by Gasteiger charge is -2.12. The summed E-state index contributed by atoms with van der Waals surface area (Å²) in [5.74, 6) is 0.102. The van der Waals surface area contributed by atoms with Gasteiger partial charge in [-0.25, -0.2) is 14.8 Å². The summed E-state index contributed by atoms with van der Waals surface area (Å²) in [5, 5.41) is 11.0. The highest BCUT2D eigenvalue weighted by Crippen LogP contribution is 2.33. The Morgan fingerprint density at radius 3 is 1.88 bits per heavy atom. The van der Waals surface area contributed by atoms with Gasteiger partial charge in [-0.2, -0.15) is 0 Å². The third-order valence-electron chi connectivity index (χ3n) is 6.34. The molecule has 5 aromatic rings. The first kappa shape index (κ1) is 26.9. The minimum Gasteiger partial charge on any atom is -0.497 e. The molecule has 1 heterocycles. The van der Waals surface area contributed by atoms with E-state index in [0.717, 1.165) is 17.2 Å². The average Bonchev–Trinajstić information content (AvgIpc) is 3.02. The van der Waals surface area contributed by atoms with Gasteiger partial charge in [0.15, 0.2) is 6.61 Å². The summed E-state index contributed by atoms with van der Waals surface area (Å²) in [6.07, 6.45) is 0. The topological polar surface area (TPSA) is 131 Å². The van der Waals surface area contributed by atoms with E-state index >= 15 is 0 Å². The first-order chi connectivity index (χ1) is 19.9. The maximum absolute atomic E-state index is 12.8. The summed E-state index contributed by atoms with van der Waals surface area (Å²) in [7, 11) is 3.19. The highest BCUT2D eigenvalue weighted by Gasteiger charge is 2.18. The first-order valence-electron chi connectivity index (χ1n) is 12.4. The second kappa shape index (κ2) is 11.6. The number of non-ortho nitro benzene ring substituents is 1. The molecule has 0 fully saturated rings. The van der Waals surface area contributed by atoms with Crippen molar-refractivity contribution in [2.75, 3.05) is 20.8 Å². The number of nitro benzene ring substituents is 1. The van der Waals surface area contributed by atoms with Gasteiger partial charge in [0.1, 0.15) is 11.5 Å². The highest BCUT2D eigenvalue weighted by atomic mass is 16.6. The van der Waals surface area contributed by atoms with E-state index in [2.05, 4.69) is 0 Å². The van der Waals surface area contributed by atoms with Crippen molar-refractivity contribution in [3.63, 3.8) is 0 Å². The zero-order valence-electron chi connectivity index (χ0n) is 22.1. The maximum atomic E-state index is 12.8. The summed E-state index contributed by atoms with van der Waals surface area (Å²) >= 11 is 0. The Balaban J connectivity index is 1.46. The van der Waals surface area contributed by atoms with E-state index in [-0.39, 0.29) is 16.8 Å². The molecule has 0 radical (unpaired) electrons. The molecule has 4 aromatic carbocycles. The zero-order chi connectivity index (χ0) is 28.9. The van der Waals surface area contributed by atoms with Crippen molar-refractivity contribution in [2.45, 2.75) is 0 Å². The predicted molar refractivity (Wildman–Crippen MR) is 151 cm³/mol. The van der Waals surface area contributed by atoms with Gasteiger partial charge < -0.3 is 14.2 Å². The second-order valence-electron chi connectivity index (χ2n) is 8.89. The summed E-state index contributed by atoms with van der Waals surface area (Å²) in [6.45, 7) is -0.572. The SMILES string of the molecule is COc1ccc(-c2nc3ccc(C(=O)OCC(=O)c4cccc([N+](=O)[O-])c4)cc3nc2-c2ccc(OC)cc2)cc1. The van der Waals surface area contributed by atoms with Crippen LogP contribution in [0.1, 0.15) is 20.7 Å². The van der Waals surface area contributed by atoms with Crippen molar-refractivity contribution in [2.24, 2.45) is 0 Å². The third-order valence-corrected chi connectivity index (χ3v) is 6.34. The van der Waals surface area contributed by atoms with Gasteiger partial charge in [-0.3, -0.25) is 14.9 Å². The van der Waals surface area contributed by atoms with Crippen LogP contribution in [0.2, 0.25) is 0 Å². The number of ether oxygens (including phenoxy) is 3. The number of hydrogen-bond donors (Lipinski definition) is 0. The number of aromatic nitrogens is 2. The monoisotopic (exact) mass is 549 g/mol. The molecule has 0 saturated heterocycles. The van der Waals surface area contributed by atoms with Crippen molar-refractivity contribution in [1.82, 2.24) is 9.97 Å². The molecule has 0 unspecified atom stereocenters. The van der Waals surface area contributed by atoms with E-state index in [0.29, 0.717) is 33.9 Å². The van der Waals surface area contributed by atoms with Gasteiger partial charge in [0.05, 0.1) is 47.1 Å². The Morgan fingerprint density at radius 1 is 0.732 bits per heavy atom. The van der Waals surface area contributed by atoms with Crippen LogP contribution in [-0.4, -0.2) is 47.5 Å². The van der Waals surface area contributed by atoms with Gasteiger partial charge in [-0.05, 0) is 66.7 Å². The number of fused-ring (bicyclic) bond motifs is 1. The van der Waals surface area contributed by atoms with Crippen molar-refractivity contribution in [3.8, 4) is 34.0 Å².